The molecular weight excluding hydrogens is 571 g/mol. The van der Waals surface area contributed by atoms with Crippen LogP contribution in [0.2, 0.25) is 0 Å². The molecule has 0 saturated heterocycles. The van der Waals surface area contributed by atoms with Crippen molar-refractivity contribution in [3.8, 4) is 0 Å². The molecule has 0 saturated carbocycles. The maximum atomic E-state index is 13.9. The third kappa shape index (κ3) is 5.74. The Morgan fingerprint density at radius 1 is 0.698 bits per heavy atom. The summed E-state index contributed by atoms with van der Waals surface area (Å²) < 4.78 is 6.87. The molecule has 0 bridgehead atoms. The van der Waals surface area contributed by atoms with Gasteiger partial charge in [0.25, 0.3) is 0 Å². The first-order valence-electron chi connectivity index (χ1n) is 13.5. The molecule has 43 heavy (non-hydrogen) atoms. The van der Waals surface area contributed by atoms with Gasteiger partial charge in [0.1, 0.15) is 0 Å². The van der Waals surface area contributed by atoms with Crippen molar-refractivity contribution in [1.82, 2.24) is 0 Å². The van der Waals surface area contributed by atoms with Gasteiger partial charge in [-0.3, -0.25) is 0 Å². The normalized spacial score (nSPS) is 12.1. The molecule has 1 N–H and O–H groups in total. The number of carbonyl (C=O) groups is 2. The Balaban J connectivity index is 2.28. The van der Waals surface area contributed by atoms with E-state index in [1.165, 1.54) is 12.1 Å². The molecule has 0 aliphatic rings. The molecule has 0 fully saturated rings. The molecule has 0 aliphatic carbocycles. The van der Waals surface area contributed by atoms with Gasteiger partial charge in [0, 0.05) is 0 Å². The zero-order chi connectivity index (χ0) is 31.4. The molecule has 0 amide bonds. The molecule has 0 atom stereocenters. The van der Waals surface area contributed by atoms with E-state index >= 15 is 0 Å². The molecule has 0 unspecified atom stereocenters. The standard InChI is InChI=1S/C32H31N2O8P/c1-22-10-4-7-13-28(22)43(29-14-8-5-11-23(29)2,30-15-9-6-12-24(30)3,42-32(37)17-16-31(35)36)21-25-18-26(33(38)39)20-27(19-25)34(40)41/h4-15,18-20H,16-17,21H2,1-3H3,(H,35,36). The average molecular weight is 603 g/mol. The number of hydrogen-bond acceptors (Lipinski definition) is 7. The fourth-order valence-electron chi connectivity index (χ4n) is 5.89. The monoisotopic (exact) mass is 602 g/mol. The van der Waals surface area contributed by atoms with Crippen molar-refractivity contribution in [2.75, 3.05) is 0 Å². The number of hydrogen-bond donors (Lipinski definition) is 1. The van der Waals surface area contributed by atoms with Crippen LogP contribution >= 0.6 is 6.83 Å². The molecule has 4 aromatic rings. The molecular formula is C32H31N2O8P. The van der Waals surface area contributed by atoms with Crippen molar-refractivity contribution in [3.05, 3.63) is 133 Å². The second kappa shape index (κ2) is 12.1. The SMILES string of the molecule is Cc1ccccc1P(Cc1cc([N+](=O)[O-])cc([N+](=O)[O-])c1)(OC(=O)CCC(=O)O)(c1ccccc1C)c1ccccc1C. The number of non-ortho nitro benzene ring substituents is 2. The van der Waals surface area contributed by atoms with Gasteiger partial charge in [0.15, 0.2) is 0 Å². The molecule has 222 valence electrons. The number of carboxylic acid groups (broad SMARTS) is 1. The molecule has 4 rings (SSSR count). The van der Waals surface area contributed by atoms with Gasteiger partial charge < -0.3 is 0 Å². The van der Waals surface area contributed by atoms with Crippen molar-refractivity contribution in [2.45, 2.75) is 39.8 Å². The topological polar surface area (TPSA) is 150 Å². The van der Waals surface area contributed by atoms with Crippen molar-refractivity contribution in [3.63, 3.8) is 0 Å². The van der Waals surface area contributed by atoms with Gasteiger partial charge >= 0.3 is 248 Å². The predicted octanol–water partition coefficient (Wildman–Crippen LogP) is 5.78. The Labute approximate surface area is 248 Å². The number of aliphatic carboxylic acids is 1. The number of rotatable bonds is 11. The van der Waals surface area contributed by atoms with Gasteiger partial charge in [0.05, 0.1) is 0 Å². The van der Waals surface area contributed by atoms with E-state index in [1.807, 2.05) is 75.4 Å². The Morgan fingerprint density at radius 2 is 1.09 bits per heavy atom. The van der Waals surface area contributed by atoms with E-state index in [2.05, 4.69) is 0 Å². The summed E-state index contributed by atoms with van der Waals surface area (Å²) in [7, 11) is 0. The molecule has 4 aromatic carbocycles. The van der Waals surface area contributed by atoms with Crippen molar-refractivity contribution in [1.29, 1.82) is 0 Å². The fraction of sp³-hybridized carbons (Fsp3) is 0.188. The quantitative estimate of drug-likeness (QED) is 0.129. The molecule has 10 nitrogen and oxygen atoms in total. The van der Waals surface area contributed by atoms with Crippen LogP contribution in [0.25, 0.3) is 0 Å². The van der Waals surface area contributed by atoms with E-state index in [1.54, 1.807) is 18.2 Å². The average Bonchev–Trinajstić information content (AvgIpc) is 2.96. The number of nitro benzene ring substituents is 2. The van der Waals surface area contributed by atoms with E-state index in [0.29, 0.717) is 15.9 Å². The number of aryl methyl sites for hydroxylation is 3. The van der Waals surface area contributed by atoms with Crippen LogP contribution in [0.3, 0.4) is 0 Å². The summed E-state index contributed by atoms with van der Waals surface area (Å²) in [6, 6.07) is 25.5. The molecule has 11 heteroatoms. The summed E-state index contributed by atoms with van der Waals surface area (Å²) in [6.07, 6.45) is -1.04. The third-order valence-corrected chi connectivity index (χ3v) is 13.7. The first-order valence-corrected chi connectivity index (χ1v) is 15.8. The van der Waals surface area contributed by atoms with E-state index < -0.39 is 52.8 Å². The minimum absolute atomic E-state index is 0.145. The number of carbonyl (C=O) groups excluding carboxylic acids is 1. The predicted molar refractivity (Wildman–Crippen MR) is 166 cm³/mol. The van der Waals surface area contributed by atoms with Crippen LogP contribution < -0.4 is 15.9 Å². The van der Waals surface area contributed by atoms with Crippen LogP contribution in [-0.2, 0) is 20.3 Å². The Bertz CT molecular complexity index is 1610. The van der Waals surface area contributed by atoms with Gasteiger partial charge in [-0.25, -0.2) is 0 Å². The second-order valence-corrected chi connectivity index (χ2v) is 14.8. The number of nitrogens with zero attached hydrogens (tertiary/aromatic N) is 2. The first-order chi connectivity index (χ1) is 20.4. The van der Waals surface area contributed by atoms with Crippen molar-refractivity contribution >= 4 is 46.1 Å². The fourth-order valence-corrected chi connectivity index (χ4v) is 12.6. The summed E-state index contributed by atoms with van der Waals surface area (Å²) >= 11 is 0. The Hall–Kier alpha value is -4.95. The van der Waals surface area contributed by atoms with Gasteiger partial charge in [-0.05, 0) is 0 Å². The number of benzene rings is 4. The van der Waals surface area contributed by atoms with Crippen LogP contribution in [-0.4, -0.2) is 26.9 Å². The number of nitro groups is 2. The van der Waals surface area contributed by atoms with Crippen LogP contribution in [0.15, 0.2) is 91.0 Å². The molecule has 0 aromatic heterocycles. The molecule has 0 heterocycles. The summed E-state index contributed by atoms with van der Waals surface area (Å²) in [5.41, 5.74) is 1.56. The minimum atomic E-state index is -4.63. The maximum absolute atomic E-state index is 13.9. The van der Waals surface area contributed by atoms with E-state index in [-0.39, 0.29) is 11.7 Å². The van der Waals surface area contributed by atoms with Gasteiger partial charge in [0.2, 0.25) is 0 Å². The number of carboxylic acids is 1. The van der Waals surface area contributed by atoms with Crippen LogP contribution in [0.5, 0.6) is 0 Å². The molecule has 0 radical (unpaired) electrons. The Kier molecular flexibility index (Phi) is 8.73. The van der Waals surface area contributed by atoms with Gasteiger partial charge in [-0.15, -0.1) is 0 Å². The van der Waals surface area contributed by atoms with Crippen LogP contribution in [0.1, 0.15) is 35.1 Å². The molecule has 0 spiro atoms. The zero-order valence-electron chi connectivity index (χ0n) is 23.9. The van der Waals surface area contributed by atoms with E-state index in [0.717, 1.165) is 22.8 Å². The molecule has 0 aliphatic heterocycles. The van der Waals surface area contributed by atoms with Gasteiger partial charge in [-0.2, -0.15) is 0 Å². The Morgan fingerprint density at radius 3 is 1.44 bits per heavy atom. The van der Waals surface area contributed by atoms with E-state index in [9.17, 15) is 34.9 Å². The van der Waals surface area contributed by atoms with E-state index in [4.69, 9.17) is 4.52 Å². The summed E-state index contributed by atoms with van der Waals surface area (Å²) in [5, 5.41) is 35.2. The summed E-state index contributed by atoms with van der Waals surface area (Å²) in [5.74, 6) is -1.94. The van der Waals surface area contributed by atoms with Gasteiger partial charge in [-0.1, -0.05) is 0 Å². The second-order valence-electron chi connectivity index (χ2n) is 10.5. The van der Waals surface area contributed by atoms with Crippen molar-refractivity contribution in [2.24, 2.45) is 0 Å². The first kappa shape index (κ1) is 31.0. The van der Waals surface area contributed by atoms with Crippen molar-refractivity contribution < 1.29 is 29.1 Å². The summed E-state index contributed by atoms with van der Waals surface area (Å²) in [4.78, 5) is 47.8. The summed E-state index contributed by atoms with van der Waals surface area (Å²) in [6.45, 7) is 0.978. The van der Waals surface area contributed by atoms with Crippen LogP contribution in [0, 0.1) is 41.0 Å². The third-order valence-electron chi connectivity index (χ3n) is 7.59. The zero-order valence-corrected chi connectivity index (χ0v) is 24.8. The van der Waals surface area contributed by atoms with Crippen LogP contribution in [0.4, 0.5) is 11.4 Å².